The number of benzene rings is 2. The fraction of sp³-hybridized carbons (Fsp3) is 0.241. The number of nitrogens with one attached hydrogen (secondary N) is 1. The van der Waals surface area contributed by atoms with Crippen LogP contribution in [0.1, 0.15) is 36.7 Å². The predicted molar refractivity (Wildman–Crippen MR) is 142 cm³/mol. The lowest BCUT2D eigenvalue weighted by Gasteiger charge is -2.20. The zero-order valence-electron chi connectivity index (χ0n) is 21.6. The summed E-state index contributed by atoms with van der Waals surface area (Å²) in [5.74, 6) is -2.63. The summed E-state index contributed by atoms with van der Waals surface area (Å²) in [5.41, 5.74) is 6.41. The fourth-order valence-corrected chi connectivity index (χ4v) is 3.23. The molecular weight excluding hydrogens is 488 g/mol. The van der Waals surface area contributed by atoms with Crippen molar-refractivity contribution in [3.63, 3.8) is 0 Å². The van der Waals surface area contributed by atoms with E-state index in [1.807, 2.05) is 0 Å². The summed E-state index contributed by atoms with van der Waals surface area (Å²) in [5, 5.41) is 2.54. The Bertz CT molecular complexity index is 1220. The lowest BCUT2D eigenvalue weighted by molar-refractivity contribution is -0.151. The molecule has 200 valence electrons. The number of ether oxygens (including phenoxy) is 3. The zero-order chi connectivity index (χ0) is 28.1. The van der Waals surface area contributed by atoms with Gasteiger partial charge in [0.1, 0.15) is 6.04 Å². The molecule has 0 fully saturated rings. The number of hydrogen-bond donors (Lipinski definition) is 2. The maximum Gasteiger partial charge on any atom is 0.343 e. The van der Waals surface area contributed by atoms with Crippen molar-refractivity contribution >= 4 is 23.8 Å². The van der Waals surface area contributed by atoms with E-state index in [0.717, 1.165) is 0 Å². The lowest BCUT2D eigenvalue weighted by Crippen LogP contribution is -2.46. The number of hydrogen-bond acceptors (Lipinski definition) is 8. The van der Waals surface area contributed by atoms with E-state index in [9.17, 15) is 19.2 Å². The molecule has 1 amide bonds. The van der Waals surface area contributed by atoms with Crippen molar-refractivity contribution in [3.05, 3.63) is 96.1 Å². The SMILES string of the molecule is C=C/C=C(\C=C/C)C(=O)Oc1cc(C[C@H](NC(=O)CN)C(=O)OC(C)C)ccc1OC(=O)c1ccccc1. The molecule has 0 saturated heterocycles. The van der Waals surface area contributed by atoms with E-state index in [-0.39, 0.29) is 30.0 Å². The van der Waals surface area contributed by atoms with Gasteiger partial charge in [-0.3, -0.25) is 4.79 Å². The summed E-state index contributed by atoms with van der Waals surface area (Å²) >= 11 is 0. The van der Waals surface area contributed by atoms with Crippen molar-refractivity contribution in [1.29, 1.82) is 0 Å². The first-order chi connectivity index (χ1) is 18.2. The predicted octanol–water partition coefficient (Wildman–Crippen LogP) is 3.44. The third-order valence-corrected chi connectivity index (χ3v) is 4.90. The highest BCUT2D eigenvalue weighted by Crippen LogP contribution is 2.31. The Balaban J connectivity index is 2.44. The average molecular weight is 521 g/mol. The Morgan fingerprint density at radius 2 is 1.74 bits per heavy atom. The first-order valence-corrected chi connectivity index (χ1v) is 12.0. The summed E-state index contributed by atoms with van der Waals surface area (Å²) in [7, 11) is 0. The number of esters is 3. The van der Waals surface area contributed by atoms with Crippen molar-refractivity contribution in [2.45, 2.75) is 39.3 Å². The molecule has 2 rings (SSSR count). The Kier molecular flexibility index (Phi) is 11.7. The van der Waals surface area contributed by atoms with Crippen molar-refractivity contribution in [2.24, 2.45) is 5.73 Å². The molecule has 2 aromatic rings. The van der Waals surface area contributed by atoms with Crippen LogP contribution in [-0.2, 0) is 25.5 Å². The van der Waals surface area contributed by atoms with Crippen LogP contribution >= 0.6 is 0 Å². The summed E-state index contributed by atoms with van der Waals surface area (Å²) in [6.45, 7) is 8.40. The largest absolute Gasteiger partial charge is 0.461 e. The molecule has 38 heavy (non-hydrogen) atoms. The van der Waals surface area contributed by atoms with Crippen molar-refractivity contribution < 1.29 is 33.4 Å². The van der Waals surface area contributed by atoms with Gasteiger partial charge in [0, 0.05) is 6.42 Å². The zero-order valence-corrected chi connectivity index (χ0v) is 21.6. The summed E-state index contributed by atoms with van der Waals surface area (Å²) < 4.78 is 16.4. The fourth-order valence-electron chi connectivity index (χ4n) is 3.23. The topological polar surface area (TPSA) is 134 Å². The minimum Gasteiger partial charge on any atom is -0.461 e. The molecule has 0 aliphatic heterocycles. The van der Waals surface area contributed by atoms with Gasteiger partial charge in [-0.15, -0.1) is 0 Å². The van der Waals surface area contributed by atoms with Gasteiger partial charge in [0.05, 0.1) is 23.8 Å². The molecule has 0 radical (unpaired) electrons. The van der Waals surface area contributed by atoms with Crippen LogP contribution < -0.4 is 20.5 Å². The van der Waals surface area contributed by atoms with Crippen LogP contribution in [-0.4, -0.2) is 42.5 Å². The Morgan fingerprint density at radius 1 is 1.03 bits per heavy atom. The van der Waals surface area contributed by atoms with Gasteiger partial charge in [-0.25, -0.2) is 14.4 Å². The maximum atomic E-state index is 12.9. The standard InChI is InChI=1S/C29H32N2O7/c1-5-10-21(11-6-2)27(33)38-25-17-20(16-23(31-26(32)18-30)29(35)36-19(3)4)14-15-24(25)37-28(34)22-12-8-7-9-13-22/h5-15,17,19,23H,1,16,18,30H2,2-4H3,(H,31,32)/b11-6-,21-10+/t23-/m0/s1. The van der Waals surface area contributed by atoms with Crippen LogP contribution in [0.5, 0.6) is 11.5 Å². The smallest absolute Gasteiger partial charge is 0.343 e. The number of carbonyl (C=O) groups is 4. The molecular formula is C29H32N2O7. The molecule has 3 N–H and O–H groups in total. The van der Waals surface area contributed by atoms with Gasteiger partial charge in [-0.05, 0) is 56.7 Å². The average Bonchev–Trinajstić information content (AvgIpc) is 2.89. The van der Waals surface area contributed by atoms with Gasteiger partial charge >= 0.3 is 17.9 Å². The normalized spacial score (nSPS) is 12.1. The number of carbonyl (C=O) groups excluding carboxylic acids is 4. The van der Waals surface area contributed by atoms with Gasteiger partial charge in [-0.2, -0.15) is 0 Å². The number of rotatable bonds is 12. The van der Waals surface area contributed by atoms with Crippen LogP contribution in [0.15, 0.2) is 85.0 Å². The molecule has 0 aliphatic carbocycles. The van der Waals surface area contributed by atoms with Crippen molar-refractivity contribution in [2.75, 3.05) is 6.54 Å². The van der Waals surface area contributed by atoms with E-state index in [4.69, 9.17) is 19.9 Å². The van der Waals surface area contributed by atoms with Crippen molar-refractivity contribution in [1.82, 2.24) is 5.32 Å². The van der Waals surface area contributed by atoms with Crippen LogP contribution in [0.4, 0.5) is 0 Å². The van der Waals surface area contributed by atoms with E-state index < -0.39 is 36.0 Å². The van der Waals surface area contributed by atoms with Gasteiger partial charge in [0.25, 0.3) is 0 Å². The van der Waals surface area contributed by atoms with Gasteiger partial charge in [0.2, 0.25) is 5.91 Å². The summed E-state index contributed by atoms with van der Waals surface area (Å²) in [4.78, 5) is 50.1. The summed E-state index contributed by atoms with van der Waals surface area (Å²) in [6, 6.07) is 11.8. The van der Waals surface area contributed by atoms with E-state index in [0.29, 0.717) is 11.1 Å². The minimum absolute atomic E-state index is 0.00102. The first kappa shape index (κ1) is 29.7. The minimum atomic E-state index is -1.05. The van der Waals surface area contributed by atoms with Crippen molar-refractivity contribution in [3.8, 4) is 11.5 Å². The van der Waals surface area contributed by atoms with Crippen LogP contribution in [0.3, 0.4) is 0 Å². The van der Waals surface area contributed by atoms with Gasteiger partial charge in [0.15, 0.2) is 11.5 Å². The van der Waals surface area contributed by atoms with E-state index in [1.165, 1.54) is 24.3 Å². The Hall–Kier alpha value is -4.50. The molecule has 0 saturated carbocycles. The second-order valence-corrected chi connectivity index (χ2v) is 8.30. The highest BCUT2D eigenvalue weighted by molar-refractivity contribution is 5.94. The summed E-state index contributed by atoms with van der Waals surface area (Å²) in [6.07, 6.45) is 5.71. The molecule has 9 heteroatoms. The van der Waals surface area contributed by atoms with Crippen LogP contribution in [0.25, 0.3) is 0 Å². The number of allylic oxidation sites excluding steroid dienone is 3. The quantitative estimate of drug-likeness (QED) is 0.188. The Morgan fingerprint density at radius 3 is 2.34 bits per heavy atom. The molecule has 0 heterocycles. The highest BCUT2D eigenvalue weighted by Gasteiger charge is 2.25. The first-order valence-electron chi connectivity index (χ1n) is 12.0. The van der Waals surface area contributed by atoms with Gasteiger partial charge in [-0.1, -0.05) is 49.1 Å². The molecule has 0 unspecified atom stereocenters. The molecule has 0 spiro atoms. The van der Waals surface area contributed by atoms with Gasteiger partial charge < -0.3 is 25.3 Å². The van der Waals surface area contributed by atoms with E-state index >= 15 is 0 Å². The molecule has 9 nitrogen and oxygen atoms in total. The Labute approximate surface area is 222 Å². The third-order valence-electron chi connectivity index (χ3n) is 4.90. The highest BCUT2D eigenvalue weighted by atomic mass is 16.6. The third kappa shape index (κ3) is 9.18. The molecule has 1 atom stereocenters. The monoisotopic (exact) mass is 520 g/mol. The second-order valence-electron chi connectivity index (χ2n) is 8.30. The second kappa shape index (κ2) is 14.9. The lowest BCUT2D eigenvalue weighted by atomic mass is 10.0. The number of nitrogens with two attached hydrogens (primary N) is 1. The van der Waals surface area contributed by atoms with Crippen LogP contribution in [0, 0.1) is 0 Å². The van der Waals surface area contributed by atoms with E-state index in [2.05, 4.69) is 11.9 Å². The molecule has 2 aromatic carbocycles. The molecule has 0 aliphatic rings. The number of amides is 1. The van der Waals surface area contributed by atoms with E-state index in [1.54, 1.807) is 69.3 Å². The van der Waals surface area contributed by atoms with Crippen LogP contribution in [0.2, 0.25) is 0 Å². The molecule has 0 bridgehead atoms. The maximum absolute atomic E-state index is 12.9. The molecule has 0 aromatic heterocycles.